The standard InChI is InChI=1S/C19H24N2O3/c1-13-7-6-10-15(11-13)19(2)17(23)21(18(24)20-19)12-16(22)14-8-4-3-5-9-14/h3-5,8-9,13,15H,6-7,10-12H2,1-2H3,(H,20,24). The summed E-state index contributed by atoms with van der Waals surface area (Å²) >= 11 is 0. The molecule has 3 atom stereocenters. The van der Waals surface area contributed by atoms with Gasteiger partial charge >= 0.3 is 6.03 Å². The van der Waals surface area contributed by atoms with Gasteiger partial charge in [0.25, 0.3) is 5.91 Å². The van der Waals surface area contributed by atoms with E-state index < -0.39 is 11.6 Å². The summed E-state index contributed by atoms with van der Waals surface area (Å²) in [4.78, 5) is 38.7. The van der Waals surface area contributed by atoms with Gasteiger partial charge in [-0.1, -0.05) is 50.1 Å². The van der Waals surface area contributed by atoms with Crippen LogP contribution >= 0.6 is 0 Å². The summed E-state index contributed by atoms with van der Waals surface area (Å²) in [6.07, 6.45) is 4.12. The molecular formula is C19H24N2O3. The van der Waals surface area contributed by atoms with Crippen molar-refractivity contribution >= 4 is 17.7 Å². The fourth-order valence-electron chi connectivity index (χ4n) is 3.95. The molecule has 0 radical (unpaired) electrons. The fraction of sp³-hybridized carbons (Fsp3) is 0.526. The van der Waals surface area contributed by atoms with Gasteiger partial charge in [-0.25, -0.2) is 4.79 Å². The minimum atomic E-state index is -0.886. The Bertz CT molecular complexity index is 658. The molecule has 1 aliphatic heterocycles. The molecular weight excluding hydrogens is 304 g/mol. The normalized spacial score (nSPS) is 30.3. The molecule has 1 aromatic carbocycles. The number of rotatable bonds is 4. The van der Waals surface area contributed by atoms with Crippen LogP contribution in [-0.4, -0.2) is 34.7 Å². The number of amides is 3. The third-order valence-corrected chi connectivity index (χ3v) is 5.45. The number of hydrogen-bond acceptors (Lipinski definition) is 3. The molecule has 128 valence electrons. The van der Waals surface area contributed by atoms with Crippen LogP contribution in [0.3, 0.4) is 0 Å². The number of benzene rings is 1. The monoisotopic (exact) mass is 328 g/mol. The van der Waals surface area contributed by atoms with E-state index in [9.17, 15) is 14.4 Å². The van der Waals surface area contributed by atoms with E-state index in [0.717, 1.165) is 24.2 Å². The number of Topliss-reactive ketones (excluding diaryl/α,β-unsaturated/α-hetero) is 1. The minimum Gasteiger partial charge on any atom is -0.323 e. The lowest BCUT2D eigenvalue weighted by atomic mass is 9.72. The molecule has 0 aromatic heterocycles. The van der Waals surface area contributed by atoms with Gasteiger partial charge in [0.05, 0.1) is 6.54 Å². The maximum absolute atomic E-state index is 12.9. The van der Waals surface area contributed by atoms with Crippen LogP contribution in [0.1, 0.15) is 49.9 Å². The van der Waals surface area contributed by atoms with Crippen LogP contribution in [0.15, 0.2) is 30.3 Å². The van der Waals surface area contributed by atoms with Crippen LogP contribution in [0, 0.1) is 11.8 Å². The van der Waals surface area contributed by atoms with E-state index >= 15 is 0 Å². The highest BCUT2D eigenvalue weighted by atomic mass is 16.2. The first-order valence-corrected chi connectivity index (χ1v) is 8.64. The average Bonchev–Trinajstić information content (AvgIpc) is 2.80. The quantitative estimate of drug-likeness (QED) is 0.682. The summed E-state index contributed by atoms with van der Waals surface area (Å²) in [7, 11) is 0. The highest BCUT2D eigenvalue weighted by Crippen LogP contribution is 2.38. The Hall–Kier alpha value is -2.17. The number of imide groups is 1. The highest BCUT2D eigenvalue weighted by Gasteiger charge is 2.53. The molecule has 1 aliphatic carbocycles. The van der Waals surface area contributed by atoms with Gasteiger partial charge in [-0.2, -0.15) is 0 Å². The third kappa shape index (κ3) is 2.95. The van der Waals surface area contributed by atoms with Crippen LogP contribution in [0.2, 0.25) is 0 Å². The van der Waals surface area contributed by atoms with Crippen LogP contribution < -0.4 is 5.32 Å². The summed E-state index contributed by atoms with van der Waals surface area (Å²) in [6, 6.07) is 8.31. The predicted molar refractivity (Wildman–Crippen MR) is 90.5 cm³/mol. The Balaban J connectivity index is 1.75. The zero-order chi connectivity index (χ0) is 17.3. The van der Waals surface area contributed by atoms with Crippen LogP contribution in [0.5, 0.6) is 0 Å². The molecule has 3 unspecified atom stereocenters. The molecule has 0 spiro atoms. The number of urea groups is 1. The molecule has 1 saturated carbocycles. The van der Waals surface area contributed by atoms with Gasteiger partial charge in [-0.05, 0) is 31.6 Å². The Morgan fingerprint density at radius 2 is 1.96 bits per heavy atom. The number of nitrogens with one attached hydrogen (secondary N) is 1. The number of ketones is 1. The summed E-state index contributed by atoms with van der Waals surface area (Å²) < 4.78 is 0. The van der Waals surface area contributed by atoms with Crippen molar-refractivity contribution in [3.05, 3.63) is 35.9 Å². The van der Waals surface area contributed by atoms with Crippen molar-refractivity contribution in [3.8, 4) is 0 Å². The van der Waals surface area contributed by atoms with Crippen molar-refractivity contribution in [1.82, 2.24) is 10.2 Å². The molecule has 5 nitrogen and oxygen atoms in total. The van der Waals surface area contributed by atoms with E-state index in [0.29, 0.717) is 11.5 Å². The Morgan fingerprint density at radius 3 is 2.62 bits per heavy atom. The number of carbonyl (C=O) groups is 3. The van der Waals surface area contributed by atoms with Gasteiger partial charge in [-0.15, -0.1) is 0 Å². The second-order valence-electron chi connectivity index (χ2n) is 7.28. The van der Waals surface area contributed by atoms with Gasteiger partial charge in [0.2, 0.25) is 0 Å². The molecule has 1 saturated heterocycles. The van der Waals surface area contributed by atoms with Crippen molar-refractivity contribution in [2.75, 3.05) is 6.54 Å². The molecule has 1 N–H and O–H groups in total. The van der Waals surface area contributed by atoms with E-state index in [4.69, 9.17) is 0 Å². The van der Waals surface area contributed by atoms with Gasteiger partial charge in [0, 0.05) is 5.56 Å². The summed E-state index contributed by atoms with van der Waals surface area (Å²) in [5, 5.41) is 2.86. The first kappa shape index (κ1) is 16.7. The third-order valence-electron chi connectivity index (χ3n) is 5.45. The lowest BCUT2D eigenvalue weighted by Gasteiger charge is -2.36. The van der Waals surface area contributed by atoms with Crippen LogP contribution in [-0.2, 0) is 4.79 Å². The van der Waals surface area contributed by atoms with Gasteiger partial charge in [-0.3, -0.25) is 14.5 Å². The number of nitrogens with zero attached hydrogens (tertiary/aromatic N) is 1. The predicted octanol–water partition coefficient (Wildman–Crippen LogP) is 3.01. The Kier molecular flexibility index (Phi) is 4.43. The van der Waals surface area contributed by atoms with E-state index in [1.165, 1.54) is 6.42 Å². The molecule has 3 rings (SSSR count). The summed E-state index contributed by atoms with van der Waals surface area (Å²) in [5.41, 5.74) is -0.374. The smallest absolute Gasteiger partial charge is 0.323 e. The zero-order valence-electron chi connectivity index (χ0n) is 14.2. The van der Waals surface area contributed by atoms with Crippen LogP contribution in [0.25, 0.3) is 0 Å². The van der Waals surface area contributed by atoms with Crippen molar-refractivity contribution in [2.45, 2.75) is 45.1 Å². The fourth-order valence-corrected chi connectivity index (χ4v) is 3.95. The summed E-state index contributed by atoms with van der Waals surface area (Å²) in [6.45, 7) is 3.79. The van der Waals surface area contributed by atoms with Crippen molar-refractivity contribution < 1.29 is 14.4 Å². The van der Waals surface area contributed by atoms with Crippen LogP contribution in [0.4, 0.5) is 4.79 Å². The topological polar surface area (TPSA) is 66.5 Å². The van der Waals surface area contributed by atoms with Gasteiger partial charge < -0.3 is 5.32 Å². The molecule has 24 heavy (non-hydrogen) atoms. The minimum absolute atomic E-state index is 0.134. The maximum Gasteiger partial charge on any atom is 0.325 e. The summed E-state index contributed by atoms with van der Waals surface area (Å²) in [5.74, 6) is 0.205. The van der Waals surface area contributed by atoms with Crippen molar-refractivity contribution in [1.29, 1.82) is 0 Å². The first-order valence-electron chi connectivity index (χ1n) is 8.64. The lowest BCUT2D eigenvalue weighted by Crippen LogP contribution is -2.52. The zero-order valence-corrected chi connectivity index (χ0v) is 14.2. The van der Waals surface area contributed by atoms with E-state index in [-0.39, 0.29) is 24.2 Å². The number of carbonyl (C=O) groups excluding carboxylic acids is 3. The molecule has 2 fully saturated rings. The average molecular weight is 328 g/mol. The molecule has 2 aliphatic rings. The van der Waals surface area contributed by atoms with Gasteiger partial charge in [0.15, 0.2) is 5.78 Å². The second-order valence-corrected chi connectivity index (χ2v) is 7.28. The molecule has 1 aromatic rings. The van der Waals surface area contributed by atoms with Crippen molar-refractivity contribution in [3.63, 3.8) is 0 Å². The van der Waals surface area contributed by atoms with Gasteiger partial charge in [0.1, 0.15) is 5.54 Å². The highest BCUT2D eigenvalue weighted by molar-refractivity contribution is 6.11. The Morgan fingerprint density at radius 1 is 1.25 bits per heavy atom. The maximum atomic E-state index is 12.9. The number of hydrogen-bond donors (Lipinski definition) is 1. The lowest BCUT2D eigenvalue weighted by molar-refractivity contribution is -0.132. The molecule has 5 heteroatoms. The van der Waals surface area contributed by atoms with E-state index in [1.54, 1.807) is 24.3 Å². The Labute approximate surface area is 142 Å². The second kappa shape index (κ2) is 6.38. The van der Waals surface area contributed by atoms with Crippen molar-refractivity contribution in [2.24, 2.45) is 11.8 Å². The van der Waals surface area contributed by atoms with E-state index in [2.05, 4.69) is 12.2 Å². The SMILES string of the molecule is CC1CCCC(C2(C)NC(=O)N(CC(=O)c3ccccc3)C2=O)C1. The van der Waals surface area contributed by atoms with E-state index in [1.807, 2.05) is 13.0 Å². The largest absolute Gasteiger partial charge is 0.325 e. The molecule has 3 amide bonds. The molecule has 0 bridgehead atoms. The molecule has 1 heterocycles. The first-order chi connectivity index (χ1) is 11.4.